The first-order valence-corrected chi connectivity index (χ1v) is 8.07. The molecule has 1 heterocycles. The Morgan fingerprint density at radius 1 is 1.29 bits per heavy atom. The van der Waals surface area contributed by atoms with E-state index in [-0.39, 0.29) is 29.3 Å². The number of hydrogen-bond acceptors (Lipinski definition) is 3. The van der Waals surface area contributed by atoms with E-state index in [1.807, 2.05) is 0 Å². The molecule has 122 valence electrons. The summed E-state index contributed by atoms with van der Waals surface area (Å²) in [7, 11) is 1.76. The van der Waals surface area contributed by atoms with Gasteiger partial charge in [-0.15, -0.1) is 0 Å². The van der Waals surface area contributed by atoms with E-state index >= 15 is 0 Å². The highest BCUT2D eigenvalue weighted by molar-refractivity contribution is 5.74. The van der Waals surface area contributed by atoms with Gasteiger partial charge >= 0.3 is 6.03 Å². The van der Waals surface area contributed by atoms with Crippen molar-refractivity contribution in [1.82, 2.24) is 15.5 Å². The number of aliphatic hydroxyl groups excluding tert-OH is 1. The third kappa shape index (κ3) is 4.85. The van der Waals surface area contributed by atoms with Crippen molar-refractivity contribution < 1.29 is 9.90 Å². The minimum atomic E-state index is -0.373. The summed E-state index contributed by atoms with van der Waals surface area (Å²) >= 11 is 0. The Balaban J connectivity index is 1.86. The molecule has 1 aliphatic heterocycles. The van der Waals surface area contributed by atoms with Crippen LogP contribution < -0.4 is 10.6 Å². The lowest BCUT2D eigenvalue weighted by Gasteiger charge is -2.46. The van der Waals surface area contributed by atoms with Crippen molar-refractivity contribution in [3.63, 3.8) is 0 Å². The van der Waals surface area contributed by atoms with Crippen molar-refractivity contribution >= 4 is 6.03 Å². The Labute approximate surface area is 128 Å². The second-order valence-electron chi connectivity index (χ2n) is 8.23. The molecular formula is C16H31N3O2. The molecule has 1 atom stereocenters. The smallest absolute Gasteiger partial charge is 0.317 e. The molecule has 2 amide bonds. The molecule has 1 unspecified atom stereocenters. The number of likely N-dealkylation sites (N-methyl/N-ethyl adjacent to an activating group) is 1. The van der Waals surface area contributed by atoms with E-state index in [2.05, 4.69) is 38.3 Å². The Bertz CT molecular complexity index is 375. The first-order valence-electron chi connectivity index (χ1n) is 8.07. The van der Waals surface area contributed by atoms with Crippen LogP contribution in [0.5, 0.6) is 0 Å². The van der Waals surface area contributed by atoms with E-state index in [1.165, 1.54) is 0 Å². The Morgan fingerprint density at radius 3 is 2.29 bits per heavy atom. The molecule has 1 saturated carbocycles. The lowest BCUT2D eigenvalue weighted by Crippen LogP contribution is -2.63. The standard InChI is InChI=1S/C16H31N3O2/c1-15(2)8-12(9-16(3,4)18-15)17-14(21)19(5)10-13(20)11-6-7-11/h11-13,18,20H,6-10H2,1-5H3,(H,17,21). The summed E-state index contributed by atoms with van der Waals surface area (Å²) < 4.78 is 0. The number of hydrogen-bond donors (Lipinski definition) is 3. The number of piperidine rings is 1. The number of carbonyl (C=O) groups excluding carboxylic acids is 1. The van der Waals surface area contributed by atoms with Gasteiger partial charge in [-0.1, -0.05) is 0 Å². The van der Waals surface area contributed by atoms with Gasteiger partial charge in [0, 0.05) is 30.7 Å². The zero-order chi connectivity index (χ0) is 15.8. The molecule has 2 rings (SSSR count). The molecule has 0 spiro atoms. The van der Waals surface area contributed by atoms with Gasteiger partial charge in [-0.3, -0.25) is 0 Å². The minimum Gasteiger partial charge on any atom is -0.391 e. The van der Waals surface area contributed by atoms with E-state index in [4.69, 9.17) is 0 Å². The van der Waals surface area contributed by atoms with Crippen LogP contribution in [0.4, 0.5) is 4.79 Å². The summed E-state index contributed by atoms with van der Waals surface area (Å²) in [5, 5.41) is 16.7. The number of carbonyl (C=O) groups is 1. The van der Waals surface area contributed by atoms with Gasteiger partial charge in [-0.25, -0.2) is 4.79 Å². The minimum absolute atomic E-state index is 0.0196. The Hall–Kier alpha value is -0.810. The van der Waals surface area contributed by atoms with Gasteiger partial charge in [-0.05, 0) is 59.3 Å². The summed E-state index contributed by atoms with van der Waals surface area (Å²) in [4.78, 5) is 13.9. The van der Waals surface area contributed by atoms with Crippen LogP contribution in [-0.2, 0) is 0 Å². The maximum absolute atomic E-state index is 12.3. The monoisotopic (exact) mass is 297 g/mol. The molecule has 0 radical (unpaired) electrons. The highest BCUT2D eigenvalue weighted by atomic mass is 16.3. The molecule has 1 saturated heterocycles. The number of amides is 2. The zero-order valence-electron chi connectivity index (χ0n) is 14.1. The van der Waals surface area contributed by atoms with Gasteiger partial charge in [0.1, 0.15) is 0 Å². The van der Waals surface area contributed by atoms with Crippen molar-refractivity contribution in [1.29, 1.82) is 0 Å². The van der Waals surface area contributed by atoms with Gasteiger partial charge in [0.05, 0.1) is 6.10 Å². The van der Waals surface area contributed by atoms with Crippen molar-refractivity contribution in [3.8, 4) is 0 Å². The van der Waals surface area contributed by atoms with Gasteiger partial charge in [0.2, 0.25) is 0 Å². The van der Waals surface area contributed by atoms with Crippen molar-refractivity contribution in [2.24, 2.45) is 5.92 Å². The number of urea groups is 1. The van der Waals surface area contributed by atoms with E-state index in [0.29, 0.717) is 12.5 Å². The predicted molar refractivity (Wildman–Crippen MR) is 84.2 cm³/mol. The van der Waals surface area contributed by atoms with Gasteiger partial charge in [0.25, 0.3) is 0 Å². The lowest BCUT2D eigenvalue weighted by atomic mass is 9.80. The van der Waals surface area contributed by atoms with E-state index in [9.17, 15) is 9.90 Å². The molecular weight excluding hydrogens is 266 g/mol. The fourth-order valence-electron chi connectivity index (χ4n) is 3.70. The van der Waals surface area contributed by atoms with Crippen LogP contribution in [0.25, 0.3) is 0 Å². The van der Waals surface area contributed by atoms with Gasteiger partial charge < -0.3 is 20.6 Å². The van der Waals surface area contributed by atoms with E-state index in [1.54, 1.807) is 11.9 Å². The van der Waals surface area contributed by atoms with E-state index in [0.717, 1.165) is 25.7 Å². The summed E-state index contributed by atoms with van der Waals surface area (Å²) in [6.07, 6.45) is 3.64. The van der Waals surface area contributed by atoms with Crippen LogP contribution >= 0.6 is 0 Å². The highest BCUT2D eigenvalue weighted by Crippen LogP contribution is 2.33. The molecule has 21 heavy (non-hydrogen) atoms. The molecule has 0 bridgehead atoms. The second-order valence-corrected chi connectivity index (χ2v) is 8.23. The van der Waals surface area contributed by atoms with Crippen molar-refractivity contribution in [3.05, 3.63) is 0 Å². The molecule has 2 fully saturated rings. The summed E-state index contributed by atoms with van der Waals surface area (Å²) in [5.74, 6) is 0.400. The fraction of sp³-hybridized carbons (Fsp3) is 0.938. The van der Waals surface area contributed by atoms with Crippen molar-refractivity contribution in [2.75, 3.05) is 13.6 Å². The number of rotatable bonds is 4. The molecule has 3 N–H and O–H groups in total. The maximum atomic E-state index is 12.3. The van der Waals surface area contributed by atoms with Crippen LogP contribution in [-0.4, -0.2) is 52.9 Å². The maximum Gasteiger partial charge on any atom is 0.317 e. The molecule has 1 aliphatic carbocycles. The van der Waals surface area contributed by atoms with Crippen LogP contribution in [0.3, 0.4) is 0 Å². The quantitative estimate of drug-likeness (QED) is 0.740. The number of nitrogens with zero attached hydrogens (tertiary/aromatic N) is 1. The third-order valence-corrected chi connectivity index (χ3v) is 4.49. The second kappa shape index (κ2) is 5.76. The predicted octanol–water partition coefficient (Wildman–Crippen LogP) is 1.71. The zero-order valence-corrected chi connectivity index (χ0v) is 14.1. The molecule has 0 aromatic rings. The summed E-state index contributed by atoms with van der Waals surface area (Å²) in [6.45, 7) is 9.12. The SMILES string of the molecule is CN(CC(O)C1CC1)C(=O)NC1CC(C)(C)NC(C)(C)C1. The third-order valence-electron chi connectivity index (χ3n) is 4.49. The number of nitrogens with one attached hydrogen (secondary N) is 2. The largest absolute Gasteiger partial charge is 0.391 e. The van der Waals surface area contributed by atoms with Gasteiger partial charge in [-0.2, -0.15) is 0 Å². The van der Waals surface area contributed by atoms with Gasteiger partial charge in [0.15, 0.2) is 0 Å². The summed E-state index contributed by atoms with van der Waals surface area (Å²) in [5.41, 5.74) is 0.0393. The van der Waals surface area contributed by atoms with Crippen LogP contribution in [0.15, 0.2) is 0 Å². The molecule has 5 heteroatoms. The number of aliphatic hydroxyl groups is 1. The normalized spacial score (nSPS) is 26.2. The molecule has 5 nitrogen and oxygen atoms in total. The fourth-order valence-corrected chi connectivity index (χ4v) is 3.70. The molecule has 0 aromatic heterocycles. The average molecular weight is 297 g/mol. The molecule has 2 aliphatic rings. The Kier molecular flexibility index (Phi) is 4.54. The highest BCUT2D eigenvalue weighted by Gasteiger charge is 2.38. The van der Waals surface area contributed by atoms with Crippen LogP contribution in [0, 0.1) is 5.92 Å². The summed E-state index contributed by atoms with van der Waals surface area (Å²) in [6, 6.07) is 0.0949. The Morgan fingerprint density at radius 2 is 1.81 bits per heavy atom. The lowest BCUT2D eigenvalue weighted by molar-refractivity contribution is 0.106. The molecule has 0 aromatic carbocycles. The average Bonchev–Trinajstić information content (AvgIpc) is 3.07. The van der Waals surface area contributed by atoms with E-state index < -0.39 is 0 Å². The topological polar surface area (TPSA) is 64.6 Å². The first-order chi connectivity index (χ1) is 9.58. The van der Waals surface area contributed by atoms with Crippen LogP contribution in [0.1, 0.15) is 53.4 Å². The van der Waals surface area contributed by atoms with Crippen molar-refractivity contribution in [2.45, 2.75) is 76.6 Å². The first kappa shape index (κ1) is 16.6. The van der Waals surface area contributed by atoms with Crippen LogP contribution in [0.2, 0.25) is 0 Å².